The van der Waals surface area contributed by atoms with Gasteiger partial charge in [-0.3, -0.25) is 0 Å². The molecule has 0 aliphatic rings. The van der Waals surface area contributed by atoms with Crippen molar-refractivity contribution in [1.29, 1.82) is 0 Å². The van der Waals surface area contributed by atoms with Gasteiger partial charge in [0, 0.05) is 17.4 Å². The highest BCUT2D eigenvalue weighted by atomic mass is 32.1. The van der Waals surface area contributed by atoms with Gasteiger partial charge in [0.15, 0.2) is 0 Å². The second-order valence-electron chi connectivity index (χ2n) is 5.77. The van der Waals surface area contributed by atoms with E-state index in [2.05, 4.69) is 4.98 Å². The average Bonchev–Trinajstić information content (AvgIpc) is 2.85. The minimum atomic E-state index is -0.510. The zero-order valence-corrected chi connectivity index (χ0v) is 13.0. The van der Waals surface area contributed by atoms with Crippen molar-refractivity contribution >= 4 is 11.3 Å². The van der Waals surface area contributed by atoms with Crippen molar-refractivity contribution in [1.82, 2.24) is 4.98 Å². The van der Waals surface area contributed by atoms with E-state index in [1.165, 1.54) is 0 Å². The quantitative estimate of drug-likeness (QED) is 0.916. The van der Waals surface area contributed by atoms with E-state index in [0.717, 1.165) is 16.3 Å². The minimum absolute atomic E-state index is 0.223. The Balaban J connectivity index is 1.93. The van der Waals surface area contributed by atoms with E-state index in [-0.39, 0.29) is 5.60 Å². The zero-order valence-electron chi connectivity index (χ0n) is 12.2. The number of hydrogen-bond acceptors (Lipinski definition) is 4. The maximum Gasteiger partial charge on any atom is 0.0959 e. The Hall–Kier alpha value is -1.23. The largest absolute Gasteiger partial charge is 0.390 e. The summed E-state index contributed by atoms with van der Waals surface area (Å²) in [4.78, 5) is 4.57. The molecule has 1 heterocycles. The molecule has 1 aromatic carbocycles. The standard InChI is InChI=1S/C16H21NO2S/c1-16(2,3)19-10-13(18)9-15-17-14(11-20-15)12-7-5-4-6-8-12/h4-8,11,13,18H,9-10H2,1-3H3. The molecule has 0 saturated carbocycles. The molecule has 2 rings (SSSR count). The van der Waals surface area contributed by atoms with E-state index < -0.39 is 6.10 Å². The number of nitrogens with zero attached hydrogens (tertiary/aromatic N) is 1. The van der Waals surface area contributed by atoms with Crippen molar-refractivity contribution in [2.75, 3.05) is 6.61 Å². The summed E-state index contributed by atoms with van der Waals surface area (Å²) in [6.45, 7) is 6.29. The van der Waals surface area contributed by atoms with Gasteiger partial charge in [-0.15, -0.1) is 11.3 Å². The van der Waals surface area contributed by atoms with Crippen LogP contribution in [-0.2, 0) is 11.2 Å². The molecule has 0 fully saturated rings. The number of aromatic nitrogens is 1. The summed E-state index contributed by atoms with van der Waals surface area (Å²) in [7, 11) is 0. The van der Waals surface area contributed by atoms with E-state index in [9.17, 15) is 5.11 Å². The van der Waals surface area contributed by atoms with E-state index in [1.807, 2.05) is 56.5 Å². The normalized spacial score (nSPS) is 13.4. The molecule has 2 aromatic rings. The van der Waals surface area contributed by atoms with Crippen molar-refractivity contribution in [3.05, 3.63) is 40.7 Å². The molecular formula is C16H21NO2S. The highest BCUT2D eigenvalue weighted by Crippen LogP contribution is 2.22. The summed E-state index contributed by atoms with van der Waals surface area (Å²) in [6.07, 6.45) is 0.0251. The fourth-order valence-electron chi connectivity index (χ4n) is 1.75. The average molecular weight is 291 g/mol. The number of benzene rings is 1. The first kappa shape index (κ1) is 15.2. The highest BCUT2D eigenvalue weighted by molar-refractivity contribution is 7.09. The summed E-state index contributed by atoms with van der Waals surface area (Å²) in [5, 5.41) is 13.0. The second-order valence-corrected chi connectivity index (χ2v) is 6.72. The Labute approximate surface area is 124 Å². The molecule has 0 saturated heterocycles. The Kier molecular flexibility index (Phi) is 4.91. The fraction of sp³-hybridized carbons (Fsp3) is 0.438. The van der Waals surface area contributed by atoms with Crippen LogP contribution < -0.4 is 0 Å². The van der Waals surface area contributed by atoms with E-state index in [1.54, 1.807) is 11.3 Å². The van der Waals surface area contributed by atoms with Crippen LogP contribution in [0.15, 0.2) is 35.7 Å². The molecule has 1 N–H and O–H groups in total. The van der Waals surface area contributed by atoms with Crippen LogP contribution in [0.3, 0.4) is 0 Å². The lowest BCUT2D eigenvalue weighted by Crippen LogP contribution is -2.27. The van der Waals surface area contributed by atoms with Crippen molar-refractivity contribution < 1.29 is 9.84 Å². The first-order valence-corrected chi connectivity index (χ1v) is 7.64. The molecule has 1 unspecified atom stereocenters. The molecule has 0 spiro atoms. The number of hydrogen-bond donors (Lipinski definition) is 1. The lowest BCUT2D eigenvalue weighted by atomic mass is 10.2. The van der Waals surface area contributed by atoms with Gasteiger partial charge in [0.05, 0.1) is 29.0 Å². The molecule has 1 atom stereocenters. The number of aliphatic hydroxyl groups excluding tert-OH is 1. The van der Waals surface area contributed by atoms with Crippen molar-refractivity contribution in [2.24, 2.45) is 0 Å². The summed E-state index contributed by atoms with van der Waals surface area (Å²) < 4.78 is 5.58. The second kappa shape index (κ2) is 6.48. The van der Waals surface area contributed by atoms with Gasteiger partial charge in [0.25, 0.3) is 0 Å². The third-order valence-corrected chi connectivity index (χ3v) is 3.61. The molecule has 3 nitrogen and oxygen atoms in total. The van der Waals surface area contributed by atoms with Crippen LogP contribution in [0.1, 0.15) is 25.8 Å². The van der Waals surface area contributed by atoms with Gasteiger partial charge in [-0.1, -0.05) is 30.3 Å². The third kappa shape index (κ3) is 4.71. The minimum Gasteiger partial charge on any atom is -0.390 e. The SMILES string of the molecule is CC(C)(C)OCC(O)Cc1nc(-c2ccccc2)cs1. The van der Waals surface area contributed by atoms with Crippen molar-refractivity contribution in [2.45, 2.75) is 38.9 Å². The van der Waals surface area contributed by atoms with Gasteiger partial charge in [-0.25, -0.2) is 4.98 Å². The molecule has 108 valence electrons. The Bertz CT molecular complexity index is 531. The molecule has 4 heteroatoms. The third-order valence-electron chi connectivity index (χ3n) is 2.74. The smallest absolute Gasteiger partial charge is 0.0959 e. The Morgan fingerprint density at radius 2 is 1.95 bits per heavy atom. The van der Waals surface area contributed by atoms with E-state index in [4.69, 9.17) is 4.74 Å². The molecule has 20 heavy (non-hydrogen) atoms. The lowest BCUT2D eigenvalue weighted by molar-refractivity contribution is -0.0482. The summed E-state index contributed by atoms with van der Waals surface area (Å²) in [5.41, 5.74) is 1.85. The van der Waals surface area contributed by atoms with Gasteiger partial charge in [-0.05, 0) is 20.8 Å². The molecule has 0 amide bonds. The number of aliphatic hydroxyl groups is 1. The molecule has 0 radical (unpaired) electrons. The van der Waals surface area contributed by atoms with Crippen LogP contribution in [0.25, 0.3) is 11.3 Å². The predicted octanol–water partition coefficient (Wildman–Crippen LogP) is 3.53. The molecule has 0 aliphatic heterocycles. The Morgan fingerprint density at radius 3 is 2.60 bits per heavy atom. The monoisotopic (exact) mass is 291 g/mol. The molecular weight excluding hydrogens is 270 g/mol. The van der Waals surface area contributed by atoms with Crippen molar-refractivity contribution in [3.8, 4) is 11.3 Å². The van der Waals surface area contributed by atoms with E-state index in [0.29, 0.717) is 13.0 Å². The van der Waals surface area contributed by atoms with Crippen LogP contribution in [0.4, 0.5) is 0 Å². The van der Waals surface area contributed by atoms with Gasteiger partial charge in [-0.2, -0.15) is 0 Å². The van der Waals surface area contributed by atoms with Gasteiger partial charge in [0.2, 0.25) is 0 Å². The van der Waals surface area contributed by atoms with Crippen LogP contribution in [0.5, 0.6) is 0 Å². The van der Waals surface area contributed by atoms with E-state index >= 15 is 0 Å². The molecule has 0 bridgehead atoms. The number of rotatable bonds is 5. The maximum atomic E-state index is 9.99. The fourth-order valence-corrected chi connectivity index (χ4v) is 2.63. The van der Waals surface area contributed by atoms with Crippen LogP contribution in [0.2, 0.25) is 0 Å². The maximum absolute atomic E-state index is 9.99. The summed E-state index contributed by atoms with van der Waals surface area (Å²) in [5.74, 6) is 0. The van der Waals surface area contributed by atoms with Gasteiger partial charge in [0.1, 0.15) is 0 Å². The first-order valence-electron chi connectivity index (χ1n) is 6.76. The van der Waals surface area contributed by atoms with Crippen LogP contribution in [-0.4, -0.2) is 28.4 Å². The lowest BCUT2D eigenvalue weighted by Gasteiger charge is -2.21. The van der Waals surface area contributed by atoms with Gasteiger partial charge >= 0.3 is 0 Å². The first-order chi connectivity index (χ1) is 9.44. The topological polar surface area (TPSA) is 42.4 Å². The number of ether oxygens (including phenoxy) is 1. The predicted molar refractivity (Wildman–Crippen MR) is 83.0 cm³/mol. The highest BCUT2D eigenvalue weighted by Gasteiger charge is 2.15. The number of thiazole rings is 1. The zero-order chi connectivity index (χ0) is 14.6. The van der Waals surface area contributed by atoms with Gasteiger partial charge < -0.3 is 9.84 Å². The summed E-state index contributed by atoms with van der Waals surface area (Å²) in [6, 6.07) is 10.1. The van der Waals surface area contributed by atoms with Crippen LogP contribution in [0, 0.1) is 0 Å². The molecule has 0 aliphatic carbocycles. The Morgan fingerprint density at radius 1 is 1.25 bits per heavy atom. The van der Waals surface area contributed by atoms with Crippen molar-refractivity contribution in [3.63, 3.8) is 0 Å². The van der Waals surface area contributed by atoms with Crippen LogP contribution >= 0.6 is 11.3 Å². The molecule has 1 aromatic heterocycles. The summed E-state index contributed by atoms with van der Waals surface area (Å²) >= 11 is 1.58.